The highest BCUT2D eigenvalue weighted by Crippen LogP contribution is 2.16. The predicted octanol–water partition coefficient (Wildman–Crippen LogP) is 0.517. The molecule has 2 heterocycles. The van der Waals surface area contributed by atoms with Crippen LogP contribution in [-0.4, -0.2) is 54.1 Å². The number of aryl methyl sites for hydroxylation is 1. The normalized spacial score (nSPS) is 15.3. The highest BCUT2D eigenvalue weighted by atomic mass is 16.5. The lowest BCUT2D eigenvalue weighted by molar-refractivity contribution is 0.122. The van der Waals surface area contributed by atoms with Crippen molar-refractivity contribution in [3.05, 3.63) is 42.0 Å². The van der Waals surface area contributed by atoms with Crippen LogP contribution in [0.25, 0.3) is 0 Å². The molecule has 0 radical (unpaired) electrons. The minimum atomic E-state index is 0.576. The zero-order chi connectivity index (χ0) is 17.5. The number of hydrogen-bond donors (Lipinski definition) is 2. The Hall–Kier alpha value is -2.61. The second-order valence-electron chi connectivity index (χ2n) is 5.85. The maximum atomic E-state index is 5.40. The van der Waals surface area contributed by atoms with Crippen LogP contribution in [0.4, 0.5) is 5.69 Å². The van der Waals surface area contributed by atoms with Gasteiger partial charge in [0.05, 0.1) is 19.8 Å². The van der Waals surface area contributed by atoms with E-state index in [2.05, 4.69) is 54.9 Å². The van der Waals surface area contributed by atoms with E-state index in [9.17, 15) is 0 Å². The van der Waals surface area contributed by atoms with Crippen molar-refractivity contribution in [2.75, 3.05) is 38.3 Å². The summed E-state index contributed by atoms with van der Waals surface area (Å²) in [4.78, 5) is 10.8. The molecule has 8 heteroatoms. The average molecular weight is 343 g/mol. The summed E-state index contributed by atoms with van der Waals surface area (Å²) in [6.45, 7) is 4.80. The zero-order valence-electron chi connectivity index (χ0n) is 14.8. The lowest BCUT2D eigenvalue weighted by atomic mass is 10.2. The third-order valence-electron chi connectivity index (χ3n) is 4.22. The Morgan fingerprint density at radius 2 is 1.88 bits per heavy atom. The Labute approximate surface area is 147 Å². The molecule has 1 aromatic carbocycles. The third-order valence-corrected chi connectivity index (χ3v) is 4.22. The van der Waals surface area contributed by atoms with Crippen LogP contribution >= 0.6 is 0 Å². The number of aromatic nitrogens is 3. The van der Waals surface area contributed by atoms with Crippen molar-refractivity contribution in [3.63, 3.8) is 0 Å². The number of nitrogens with one attached hydrogen (secondary N) is 2. The van der Waals surface area contributed by atoms with Crippen molar-refractivity contribution < 1.29 is 4.74 Å². The fourth-order valence-corrected chi connectivity index (χ4v) is 2.70. The first-order valence-electron chi connectivity index (χ1n) is 8.45. The number of nitrogens with zero attached hydrogens (tertiary/aromatic N) is 5. The van der Waals surface area contributed by atoms with Crippen molar-refractivity contribution in [2.24, 2.45) is 12.0 Å². The molecule has 134 valence electrons. The molecule has 0 amide bonds. The van der Waals surface area contributed by atoms with Gasteiger partial charge in [-0.15, -0.1) is 0 Å². The molecular weight excluding hydrogens is 318 g/mol. The van der Waals surface area contributed by atoms with Gasteiger partial charge in [-0.3, -0.25) is 9.67 Å². The van der Waals surface area contributed by atoms with E-state index in [0.29, 0.717) is 13.1 Å². The van der Waals surface area contributed by atoms with E-state index in [1.54, 1.807) is 18.1 Å². The van der Waals surface area contributed by atoms with Crippen molar-refractivity contribution in [3.8, 4) is 0 Å². The molecule has 2 aromatic rings. The average Bonchev–Trinajstić information content (AvgIpc) is 3.08. The summed E-state index contributed by atoms with van der Waals surface area (Å²) in [5.74, 6) is 1.60. The molecular formula is C17H25N7O. The van der Waals surface area contributed by atoms with Gasteiger partial charge in [0.2, 0.25) is 0 Å². The van der Waals surface area contributed by atoms with Crippen LogP contribution in [0.3, 0.4) is 0 Å². The fraction of sp³-hybridized carbons (Fsp3) is 0.471. The fourth-order valence-electron chi connectivity index (χ4n) is 2.70. The number of aliphatic imine (C=N–C) groups is 1. The first kappa shape index (κ1) is 17.2. The van der Waals surface area contributed by atoms with Crippen molar-refractivity contribution in [1.29, 1.82) is 0 Å². The number of guanidine groups is 1. The van der Waals surface area contributed by atoms with Gasteiger partial charge in [0, 0.05) is 39.4 Å². The van der Waals surface area contributed by atoms with Crippen molar-refractivity contribution in [1.82, 2.24) is 25.4 Å². The number of anilines is 1. The minimum Gasteiger partial charge on any atom is -0.378 e. The van der Waals surface area contributed by atoms with Gasteiger partial charge in [0.15, 0.2) is 5.96 Å². The van der Waals surface area contributed by atoms with Crippen LogP contribution in [0.2, 0.25) is 0 Å². The Balaban J connectivity index is 1.49. The van der Waals surface area contributed by atoms with E-state index in [4.69, 9.17) is 4.74 Å². The molecule has 1 saturated heterocycles. The molecule has 0 unspecified atom stereocenters. The smallest absolute Gasteiger partial charge is 0.191 e. The van der Waals surface area contributed by atoms with Gasteiger partial charge in [-0.05, 0) is 17.7 Å². The monoisotopic (exact) mass is 343 g/mol. The lowest BCUT2D eigenvalue weighted by Crippen LogP contribution is -2.37. The topological polar surface area (TPSA) is 79.6 Å². The van der Waals surface area contributed by atoms with Gasteiger partial charge in [-0.2, -0.15) is 5.10 Å². The number of morpholine rings is 1. The highest BCUT2D eigenvalue weighted by molar-refractivity contribution is 5.79. The van der Waals surface area contributed by atoms with Crippen molar-refractivity contribution in [2.45, 2.75) is 13.1 Å². The Bertz CT molecular complexity index is 689. The lowest BCUT2D eigenvalue weighted by Gasteiger charge is -2.28. The van der Waals surface area contributed by atoms with E-state index >= 15 is 0 Å². The summed E-state index contributed by atoms with van der Waals surface area (Å²) in [7, 11) is 3.63. The van der Waals surface area contributed by atoms with Crippen molar-refractivity contribution >= 4 is 11.6 Å². The van der Waals surface area contributed by atoms with Gasteiger partial charge >= 0.3 is 0 Å². The molecule has 8 nitrogen and oxygen atoms in total. The Kier molecular flexibility index (Phi) is 5.84. The van der Waals surface area contributed by atoms with Crippen LogP contribution in [0.5, 0.6) is 0 Å². The predicted molar refractivity (Wildman–Crippen MR) is 97.5 cm³/mol. The van der Waals surface area contributed by atoms with E-state index in [1.165, 1.54) is 11.3 Å². The van der Waals surface area contributed by atoms with E-state index < -0.39 is 0 Å². The summed E-state index contributed by atoms with van der Waals surface area (Å²) >= 11 is 0. The molecule has 25 heavy (non-hydrogen) atoms. The largest absolute Gasteiger partial charge is 0.378 e. The molecule has 0 aliphatic carbocycles. The summed E-state index contributed by atoms with van der Waals surface area (Å²) in [6, 6.07) is 8.62. The quantitative estimate of drug-likeness (QED) is 0.609. The van der Waals surface area contributed by atoms with Gasteiger partial charge in [0.25, 0.3) is 0 Å². The molecule has 0 spiro atoms. The van der Waals surface area contributed by atoms with Gasteiger partial charge in [-0.1, -0.05) is 12.1 Å². The summed E-state index contributed by atoms with van der Waals surface area (Å²) < 4.78 is 7.14. The zero-order valence-corrected chi connectivity index (χ0v) is 14.8. The molecule has 1 aliphatic rings. The number of benzene rings is 1. The van der Waals surface area contributed by atoms with Crippen LogP contribution in [0.1, 0.15) is 11.4 Å². The first-order valence-corrected chi connectivity index (χ1v) is 8.45. The molecule has 0 saturated carbocycles. The van der Waals surface area contributed by atoms with E-state index in [-0.39, 0.29) is 0 Å². The van der Waals surface area contributed by atoms with E-state index in [1.807, 2.05) is 7.05 Å². The molecule has 0 bridgehead atoms. The summed E-state index contributed by atoms with van der Waals surface area (Å²) in [6.07, 6.45) is 1.54. The molecule has 1 aromatic heterocycles. The minimum absolute atomic E-state index is 0.576. The number of rotatable bonds is 5. The van der Waals surface area contributed by atoms with Gasteiger partial charge in [-0.25, -0.2) is 4.98 Å². The molecule has 1 aliphatic heterocycles. The maximum Gasteiger partial charge on any atom is 0.191 e. The molecule has 0 atom stereocenters. The van der Waals surface area contributed by atoms with E-state index in [0.717, 1.165) is 38.1 Å². The van der Waals surface area contributed by atoms with Crippen LogP contribution < -0.4 is 15.5 Å². The molecule has 2 N–H and O–H groups in total. The van der Waals surface area contributed by atoms with Crippen LogP contribution in [-0.2, 0) is 24.9 Å². The molecule has 3 rings (SSSR count). The SMILES string of the molecule is CN=C(NCc1ccc(N2CCOCC2)cc1)NCc1ncnn1C. The standard InChI is InChI=1S/C17H25N7O/c1-18-17(20-12-16-21-13-22-23(16)2)19-11-14-3-5-15(6-4-14)24-7-9-25-10-8-24/h3-6,13H,7-12H2,1-2H3,(H2,18,19,20). The second kappa shape index (κ2) is 8.48. The first-order chi connectivity index (χ1) is 12.3. The summed E-state index contributed by atoms with van der Waals surface area (Å²) in [5, 5.41) is 10.6. The highest BCUT2D eigenvalue weighted by Gasteiger charge is 2.10. The number of hydrogen-bond acceptors (Lipinski definition) is 5. The summed E-state index contributed by atoms with van der Waals surface area (Å²) in [5.41, 5.74) is 2.45. The maximum absolute atomic E-state index is 5.40. The van der Waals surface area contributed by atoms with Crippen LogP contribution in [0.15, 0.2) is 35.6 Å². The second-order valence-corrected chi connectivity index (χ2v) is 5.85. The Morgan fingerprint density at radius 3 is 2.52 bits per heavy atom. The van der Waals surface area contributed by atoms with Gasteiger partial charge in [0.1, 0.15) is 12.2 Å². The van der Waals surface area contributed by atoms with Gasteiger partial charge < -0.3 is 20.3 Å². The molecule has 1 fully saturated rings. The van der Waals surface area contributed by atoms with Crippen LogP contribution in [0, 0.1) is 0 Å². The number of ether oxygens (including phenoxy) is 1. The third kappa shape index (κ3) is 4.69. The Morgan fingerprint density at radius 1 is 1.16 bits per heavy atom.